The standard InChI is InChI=1S/C24H33N3O2S/c1-2-26-23(29)20-15-9-10-16-21(20)25-24(26)30-17-22(28)27(18-11-5-3-6-12-18)19-13-7-4-8-14-19/h9-10,15-16,18-19H,2-8,11-14,17H2,1H3. The van der Waals surface area contributed by atoms with Gasteiger partial charge in [0, 0.05) is 18.6 Å². The summed E-state index contributed by atoms with van der Waals surface area (Å²) in [7, 11) is 0. The van der Waals surface area contributed by atoms with E-state index in [0.29, 0.717) is 40.4 Å². The van der Waals surface area contributed by atoms with Gasteiger partial charge in [-0.15, -0.1) is 0 Å². The number of benzene rings is 1. The fraction of sp³-hybridized carbons (Fsp3) is 0.625. The van der Waals surface area contributed by atoms with Gasteiger partial charge in [-0.2, -0.15) is 0 Å². The molecular weight excluding hydrogens is 394 g/mol. The first-order valence-corrected chi connectivity index (χ1v) is 12.6. The summed E-state index contributed by atoms with van der Waals surface area (Å²) in [5.41, 5.74) is 0.688. The number of fused-ring (bicyclic) bond motifs is 1. The van der Waals surface area contributed by atoms with Gasteiger partial charge in [0.05, 0.1) is 16.7 Å². The molecule has 2 saturated carbocycles. The van der Waals surface area contributed by atoms with Crippen LogP contribution in [0.2, 0.25) is 0 Å². The second-order valence-electron chi connectivity index (χ2n) is 8.63. The molecule has 5 nitrogen and oxygen atoms in total. The Morgan fingerprint density at radius 3 is 2.23 bits per heavy atom. The van der Waals surface area contributed by atoms with E-state index in [9.17, 15) is 9.59 Å². The van der Waals surface area contributed by atoms with Gasteiger partial charge in [-0.3, -0.25) is 14.2 Å². The van der Waals surface area contributed by atoms with E-state index in [4.69, 9.17) is 4.98 Å². The summed E-state index contributed by atoms with van der Waals surface area (Å²) in [5.74, 6) is 0.585. The van der Waals surface area contributed by atoms with Gasteiger partial charge in [-0.1, -0.05) is 62.4 Å². The first-order chi connectivity index (χ1) is 14.7. The van der Waals surface area contributed by atoms with Crippen LogP contribution in [-0.4, -0.2) is 38.2 Å². The number of carbonyl (C=O) groups is 1. The molecule has 1 aromatic carbocycles. The minimum absolute atomic E-state index is 0.0190. The van der Waals surface area contributed by atoms with E-state index in [2.05, 4.69) is 4.90 Å². The molecule has 0 N–H and O–H groups in total. The predicted molar refractivity (Wildman–Crippen MR) is 123 cm³/mol. The minimum Gasteiger partial charge on any atom is -0.336 e. The highest BCUT2D eigenvalue weighted by Gasteiger charge is 2.32. The van der Waals surface area contributed by atoms with Crippen LogP contribution in [-0.2, 0) is 11.3 Å². The van der Waals surface area contributed by atoms with Crippen LogP contribution in [0.25, 0.3) is 10.9 Å². The van der Waals surface area contributed by atoms with Crippen LogP contribution in [0.5, 0.6) is 0 Å². The van der Waals surface area contributed by atoms with Crippen LogP contribution in [0.4, 0.5) is 0 Å². The second kappa shape index (κ2) is 9.99. The first-order valence-electron chi connectivity index (χ1n) is 11.6. The molecule has 1 aromatic heterocycles. The normalized spacial score (nSPS) is 18.6. The van der Waals surface area contributed by atoms with Crippen molar-refractivity contribution in [3.8, 4) is 0 Å². The van der Waals surface area contributed by atoms with E-state index in [1.807, 2.05) is 31.2 Å². The van der Waals surface area contributed by atoms with Crippen molar-refractivity contribution in [3.63, 3.8) is 0 Å². The average Bonchev–Trinajstić information content (AvgIpc) is 2.79. The van der Waals surface area contributed by atoms with Crippen LogP contribution in [0.15, 0.2) is 34.2 Å². The fourth-order valence-corrected chi connectivity index (χ4v) is 6.09. The highest BCUT2D eigenvalue weighted by Crippen LogP contribution is 2.31. The Morgan fingerprint density at radius 1 is 1.03 bits per heavy atom. The topological polar surface area (TPSA) is 55.2 Å². The van der Waals surface area contributed by atoms with Gasteiger partial charge < -0.3 is 4.90 Å². The summed E-state index contributed by atoms with van der Waals surface area (Å²) in [6.45, 7) is 2.52. The molecule has 0 unspecified atom stereocenters. The Kier molecular flexibility index (Phi) is 7.13. The van der Waals surface area contributed by atoms with Crippen LogP contribution >= 0.6 is 11.8 Å². The lowest BCUT2D eigenvalue weighted by Gasteiger charge is -2.41. The number of hydrogen-bond donors (Lipinski definition) is 0. The molecule has 4 rings (SSSR count). The van der Waals surface area contributed by atoms with Crippen LogP contribution in [0.1, 0.15) is 71.1 Å². The maximum atomic E-state index is 13.5. The van der Waals surface area contributed by atoms with Crippen molar-refractivity contribution in [3.05, 3.63) is 34.6 Å². The van der Waals surface area contributed by atoms with E-state index in [0.717, 1.165) is 25.7 Å². The van der Waals surface area contributed by atoms with Gasteiger partial charge in [0.25, 0.3) is 5.56 Å². The number of hydrogen-bond acceptors (Lipinski definition) is 4. The predicted octanol–water partition coefficient (Wildman–Crippen LogP) is 5.00. The summed E-state index contributed by atoms with van der Waals surface area (Å²) in [4.78, 5) is 33.3. The Hall–Kier alpha value is -1.82. The summed E-state index contributed by atoms with van der Waals surface area (Å²) >= 11 is 1.43. The van der Waals surface area contributed by atoms with E-state index >= 15 is 0 Å². The monoisotopic (exact) mass is 427 g/mol. The van der Waals surface area contributed by atoms with E-state index in [1.165, 1.54) is 50.3 Å². The molecule has 0 radical (unpaired) electrons. The highest BCUT2D eigenvalue weighted by molar-refractivity contribution is 7.99. The zero-order valence-corrected chi connectivity index (χ0v) is 18.8. The third-order valence-corrected chi connectivity index (χ3v) is 7.65. The van der Waals surface area contributed by atoms with Gasteiger partial charge in [0.15, 0.2) is 5.16 Å². The van der Waals surface area contributed by atoms with Crippen molar-refractivity contribution in [1.29, 1.82) is 0 Å². The molecule has 1 heterocycles. The quantitative estimate of drug-likeness (QED) is 0.481. The molecule has 1 amide bonds. The lowest BCUT2D eigenvalue weighted by molar-refractivity contribution is -0.135. The first kappa shape index (κ1) is 21.4. The molecule has 6 heteroatoms. The molecule has 30 heavy (non-hydrogen) atoms. The Balaban J connectivity index is 1.54. The molecule has 2 aliphatic carbocycles. The Morgan fingerprint density at radius 2 is 1.63 bits per heavy atom. The number of para-hydroxylation sites is 1. The number of aromatic nitrogens is 2. The van der Waals surface area contributed by atoms with Gasteiger partial charge >= 0.3 is 0 Å². The number of rotatable bonds is 6. The van der Waals surface area contributed by atoms with Gasteiger partial charge in [0.1, 0.15) is 0 Å². The summed E-state index contributed by atoms with van der Waals surface area (Å²) in [6.07, 6.45) is 12.1. The summed E-state index contributed by atoms with van der Waals surface area (Å²) < 4.78 is 1.70. The van der Waals surface area contributed by atoms with E-state index < -0.39 is 0 Å². The van der Waals surface area contributed by atoms with Crippen molar-refractivity contribution in [1.82, 2.24) is 14.5 Å². The molecular formula is C24H33N3O2S. The molecule has 2 aliphatic rings. The number of amides is 1. The van der Waals surface area contributed by atoms with Crippen LogP contribution < -0.4 is 5.56 Å². The minimum atomic E-state index is -0.0190. The average molecular weight is 428 g/mol. The molecule has 0 spiro atoms. The maximum Gasteiger partial charge on any atom is 0.262 e. The molecule has 2 aromatic rings. The summed E-state index contributed by atoms with van der Waals surface area (Å²) in [6, 6.07) is 8.26. The molecule has 162 valence electrons. The van der Waals surface area contributed by atoms with Crippen molar-refractivity contribution >= 4 is 28.6 Å². The zero-order chi connectivity index (χ0) is 20.9. The fourth-order valence-electron chi connectivity index (χ4n) is 5.16. The lowest BCUT2D eigenvalue weighted by atomic mass is 9.88. The van der Waals surface area contributed by atoms with Crippen LogP contribution in [0.3, 0.4) is 0 Å². The smallest absolute Gasteiger partial charge is 0.262 e. The van der Waals surface area contributed by atoms with Gasteiger partial charge in [0.2, 0.25) is 5.91 Å². The molecule has 0 saturated heterocycles. The molecule has 0 aliphatic heterocycles. The maximum absolute atomic E-state index is 13.5. The van der Waals surface area contributed by atoms with Crippen molar-refractivity contribution in [2.45, 2.75) is 94.9 Å². The van der Waals surface area contributed by atoms with Gasteiger partial charge in [-0.25, -0.2) is 4.98 Å². The molecule has 2 fully saturated rings. The Bertz CT molecular complexity index is 912. The second-order valence-corrected chi connectivity index (χ2v) is 9.58. The number of thioether (sulfide) groups is 1. The van der Waals surface area contributed by atoms with Gasteiger partial charge in [-0.05, 0) is 44.7 Å². The van der Waals surface area contributed by atoms with E-state index in [-0.39, 0.29) is 11.5 Å². The third-order valence-electron chi connectivity index (χ3n) is 6.69. The zero-order valence-electron chi connectivity index (χ0n) is 18.0. The largest absolute Gasteiger partial charge is 0.336 e. The number of carbonyl (C=O) groups excluding carboxylic acids is 1. The molecule has 0 bridgehead atoms. The SMILES string of the molecule is CCn1c(SCC(=O)N(C2CCCCC2)C2CCCCC2)nc2ccccc2c1=O. The third kappa shape index (κ3) is 4.58. The van der Waals surface area contributed by atoms with Crippen molar-refractivity contribution in [2.24, 2.45) is 0 Å². The van der Waals surface area contributed by atoms with Crippen molar-refractivity contribution < 1.29 is 4.79 Å². The highest BCUT2D eigenvalue weighted by atomic mass is 32.2. The Labute approximate surface area is 183 Å². The number of nitrogens with zero attached hydrogens (tertiary/aromatic N) is 3. The van der Waals surface area contributed by atoms with Crippen LogP contribution in [0, 0.1) is 0 Å². The lowest BCUT2D eigenvalue weighted by Crippen LogP contribution is -2.49. The molecule has 0 atom stereocenters. The van der Waals surface area contributed by atoms with Crippen molar-refractivity contribution in [2.75, 3.05) is 5.75 Å². The van der Waals surface area contributed by atoms with E-state index in [1.54, 1.807) is 4.57 Å². The summed E-state index contributed by atoms with van der Waals surface area (Å²) in [5, 5.41) is 1.29.